The molecule has 6 heteroatoms. The highest BCUT2D eigenvalue weighted by molar-refractivity contribution is 9.10. The first-order valence-electron chi connectivity index (χ1n) is 10.1. The third-order valence-corrected chi connectivity index (χ3v) is 6.60. The lowest BCUT2D eigenvalue weighted by molar-refractivity contribution is -0.0745. The summed E-state index contributed by atoms with van der Waals surface area (Å²) in [5.41, 5.74) is 1.33. The van der Waals surface area contributed by atoms with Gasteiger partial charge in [0.1, 0.15) is 5.82 Å². The number of halogens is 2. The van der Waals surface area contributed by atoms with Crippen LogP contribution in [0.25, 0.3) is 0 Å². The summed E-state index contributed by atoms with van der Waals surface area (Å²) >= 11 is 9.61. The van der Waals surface area contributed by atoms with Crippen LogP contribution in [0, 0.1) is 0 Å². The van der Waals surface area contributed by atoms with Gasteiger partial charge in [-0.25, -0.2) is 4.98 Å². The van der Waals surface area contributed by atoms with Crippen molar-refractivity contribution < 1.29 is 4.74 Å². The summed E-state index contributed by atoms with van der Waals surface area (Å²) in [7, 11) is 0. The van der Waals surface area contributed by atoms with Crippen molar-refractivity contribution >= 4 is 33.3 Å². The van der Waals surface area contributed by atoms with E-state index in [1.54, 1.807) is 0 Å². The van der Waals surface area contributed by atoms with E-state index in [-0.39, 0.29) is 0 Å². The van der Waals surface area contributed by atoms with Gasteiger partial charge in [0.25, 0.3) is 0 Å². The summed E-state index contributed by atoms with van der Waals surface area (Å²) in [5.74, 6) is 1.07. The minimum absolute atomic E-state index is 0.297. The molecule has 0 amide bonds. The van der Waals surface area contributed by atoms with Gasteiger partial charge in [0.15, 0.2) is 0 Å². The van der Waals surface area contributed by atoms with Crippen LogP contribution in [0.4, 0.5) is 5.82 Å². The lowest BCUT2D eigenvalue weighted by Crippen LogP contribution is -2.56. The van der Waals surface area contributed by atoms with Crippen molar-refractivity contribution in [1.29, 1.82) is 0 Å². The Hall–Kier alpha value is -1.14. The van der Waals surface area contributed by atoms with Gasteiger partial charge in [0, 0.05) is 47.4 Å². The zero-order valence-corrected chi connectivity index (χ0v) is 18.6. The lowest BCUT2D eigenvalue weighted by Gasteiger charge is -2.46. The molecule has 1 aromatic carbocycles. The summed E-state index contributed by atoms with van der Waals surface area (Å²) in [4.78, 5) is 9.65. The first kappa shape index (κ1) is 20.1. The molecule has 2 aliphatic rings. The van der Waals surface area contributed by atoms with Crippen molar-refractivity contribution in [1.82, 2.24) is 9.88 Å². The number of rotatable bonds is 4. The van der Waals surface area contributed by atoms with Crippen molar-refractivity contribution in [2.24, 2.45) is 0 Å². The van der Waals surface area contributed by atoms with Crippen molar-refractivity contribution in [3.05, 3.63) is 57.7 Å². The highest BCUT2D eigenvalue weighted by Crippen LogP contribution is 2.27. The molecule has 0 spiro atoms. The average Bonchev–Trinajstić information content (AvgIpc) is 2.71. The largest absolute Gasteiger partial charge is 0.376 e. The van der Waals surface area contributed by atoms with Crippen molar-refractivity contribution in [3.63, 3.8) is 0 Å². The molecule has 0 unspecified atom stereocenters. The van der Waals surface area contributed by atoms with Gasteiger partial charge in [-0.05, 0) is 56.0 Å². The molecule has 28 heavy (non-hydrogen) atoms. The number of aromatic nitrogens is 1. The molecule has 150 valence electrons. The minimum atomic E-state index is 0.297. The van der Waals surface area contributed by atoms with Crippen LogP contribution in [0.1, 0.15) is 25.3 Å². The highest BCUT2D eigenvalue weighted by atomic mass is 79.9. The Morgan fingerprint density at radius 3 is 2.64 bits per heavy atom. The fraction of sp³-hybridized carbons (Fsp3) is 0.500. The maximum Gasteiger partial charge on any atom is 0.129 e. The van der Waals surface area contributed by atoms with E-state index >= 15 is 0 Å². The summed E-state index contributed by atoms with van der Waals surface area (Å²) in [6.45, 7) is 6.10. The number of anilines is 1. The van der Waals surface area contributed by atoms with Gasteiger partial charge < -0.3 is 9.64 Å². The Morgan fingerprint density at radius 1 is 1.18 bits per heavy atom. The fourth-order valence-corrected chi connectivity index (χ4v) is 4.83. The van der Waals surface area contributed by atoms with Crippen LogP contribution in [-0.2, 0) is 11.2 Å². The second-order valence-electron chi connectivity index (χ2n) is 7.88. The van der Waals surface area contributed by atoms with Gasteiger partial charge in [-0.2, -0.15) is 0 Å². The number of nitrogens with zero attached hydrogens (tertiary/aromatic N) is 3. The van der Waals surface area contributed by atoms with E-state index in [1.165, 1.54) is 5.56 Å². The highest BCUT2D eigenvalue weighted by Gasteiger charge is 2.34. The number of hydrogen-bond acceptors (Lipinski definition) is 4. The van der Waals surface area contributed by atoms with Gasteiger partial charge in [-0.15, -0.1) is 0 Å². The van der Waals surface area contributed by atoms with E-state index in [0.29, 0.717) is 18.2 Å². The summed E-state index contributed by atoms with van der Waals surface area (Å²) in [6.07, 6.45) is 5.51. The monoisotopic (exact) mass is 463 g/mol. The number of morpholine rings is 1. The molecule has 2 fully saturated rings. The standard InChI is InChI=1S/C22H27BrClN3O/c1-16-14-27(21(15-28-16)12-17-2-4-19(24)5-3-17)20-7-10-26(11-8-20)22-13-18(23)6-9-25-22/h2-6,9,13,16,20-21H,7-8,10-12,14-15H2,1H3/t16-,21-/m0/s1. The molecule has 4 rings (SSSR count). The van der Waals surface area contributed by atoms with Gasteiger partial charge in [-0.3, -0.25) is 4.90 Å². The zero-order valence-electron chi connectivity index (χ0n) is 16.2. The van der Waals surface area contributed by atoms with Gasteiger partial charge >= 0.3 is 0 Å². The lowest BCUT2D eigenvalue weighted by atomic mass is 9.96. The van der Waals surface area contributed by atoms with Crippen LogP contribution < -0.4 is 4.90 Å². The first-order chi connectivity index (χ1) is 13.6. The Balaban J connectivity index is 1.41. The van der Waals surface area contributed by atoms with Gasteiger partial charge in [0.2, 0.25) is 0 Å². The molecule has 1 aromatic heterocycles. The minimum Gasteiger partial charge on any atom is -0.376 e. The predicted octanol–water partition coefficient (Wildman–Crippen LogP) is 4.80. The fourth-order valence-electron chi connectivity index (χ4n) is 4.38. The SMILES string of the molecule is C[C@H]1CN(C2CCN(c3cc(Br)ccn3)CC2)[C@@H](Cc2ccc(Cl)cc2)CO1. The molecule has 4 nitrogen and oxygen atoms in total. The number of piperidine rings is 1. The van der Waals surface area contributed by atoms with E-state index in [2.05, 4.69) is 55.8 Å². The quantitative estimate of drug-likeness (QED) is 0.650. The normalized spacial score (nSPS) is 24.5. The Bertz CT molecular complexity index is 780. The summed E-state index contributed by atoms with van der Waals surface area (Å²) in [6, 6.07) is 13.4. The molecule has 2 atom stereocenters. The van der Waals surface area contributed by atoms with Crippen LogP contribution >= 0.6 is 27.5 Å². The predicted molar refractivity (Wildman–Crippen MR) is 118 cm³/mol. The van der Waals surface area contributed by atoms with Crippen LogP contribution in [-0.4, -0.2) is 54.3 Å². The molecule has 0 aliphatic carbocycles. The number of hydrogen-bond donors (Lipinski definition) is 0. The Labute approximate surface area is 181 Å². The summed E-state index contributed by atoms with van der Waals surface area (Å²) < 4.78 is 7.11. The molecule has 2 saturated heterocycles. The second kappa shape index (κ2) is 9.12. The van der Waals surface area contributed by atoms with Crippen LogP contribution in [0.3, 0.4) is 0 Å². The molecule has 0 radical (unpaired) electrons. The zero-order chi connectivity index (χ0) is 19.5. The average molecular weight is 465 g/mol. The Kier molecular flexibility index (Phi) is 6.56. The summed E-state index contributed by atoms with van der Waals surface area (Å²) in [5, 5.41) is 0.794. The van der Waals surface area contributed by atoms with E-state index in [4.69, 9.17) is 16.3 Å². The van der Waals surface area contributed by atoms with E-state index < -0.39 is 0 Å². The molecular formula is C22H27BrClN3O. The van der Waals surface area contributed by atoms with Crippen LogP contribution in [0.5, 0.6) is 0 Å². The van der Waals surface area contributed by atoms with E-state index in [9.17, 15) is 0 Å². The third kappa shape index (κ3) is 4.88. The first-order valence-corrected chi connectivity index (χ1v) is 11.2. The van der Waals surface area contributed by atoms with E-state index in [0.717, 1.165) is 60.8 Å². The molecule has 0 saturated carbocycles. The maximum atomic E-state index is 6.05. The number of ether oxygens (including phenoxy) is 1. The van der Waals surface area contributed by atoms with Gasteiger partial charge in [-0.1, -0.05) is 39.7 Å². The van der Waals surface area contributed by atoms with Crippen molar-refractivity contribution in [2.45, 2.75) is 44.4 Å². The molecular weight excluding hydrogens is 438 g/mol. The molecule has 2 aliphatic heterocycles. The van der Waals surface area contributed by atoms with Crippen molar-refractivity contribution in [3.8, 4) is 0 Å². The van der Waals surface area contributed by atoms with Gasteiger partial charge in [0.05, 0.1) is 12.7 Å². The topological polar surface area (TPSA) is 28.6 Å². The van der Waals surface area contributed by atoms with Crippen LogP contribution in [0.2, 0.25) is 5.02 Å². The molecule has 0 bridgehead atoms. The smallest absolute Gasteiger partial charge is 0.129 e. The maximum absolute atomic E-state index is 6.05. The Morgan fingerprint density at radius 2 is 1.93 bits per heavy atom. The molecule has 0 N–H and O–H groups in total. The van der Waals surface area contributed by atoms with Crippen LogP contribution in [0.15, 0.2) is 47.1 Å². The second-order valence-corrected chi connectivity index (χ2v) is 9.23. The third-order valence-electron chi connectivity index (χ3n) is 5.86. The van der Waals surface area contributed by atoms with Crippen molar-refractivity contribution in [2.75, 3.05) is 31.1 Å². The molecule has 2 aromatic rings. The number of benzene rings is 1. The molecule has 3 heterocycles. The number of pyridine rings is 1. The van der Waals surface area contributed by atoms with E-state index in [1.807, 2.05) is 24.4 Å².